The van der Waals surface area contributed by atoms with Crippen molar-refractivity contribution in [2.45, 2.75) is 123 Å². The van der Waals surface area contributed by atoms with Gasteiger partial charge in [0, 0.05) is 17.6 Å². The quantitative estimate of drug-likeness (QED) is 0.0493. The molecule has 0 heterocycles. The number of hydrogen-bond donors (Lipinski definition) is 0. The van der Waals surface area contributed by atoms with Crippen LogP contribution in [-0.2, 0) is 9.47 Å². The number of ether oxygens (including phenoxy) is 2. The number of halogens is 1. The van der Waals surface area contributed by atoms with Gasteiger partial charge in [0.05, 0.1) is 0 Å². The average Bonchev–Trinajstić information content (AvgIpc) is 2.68. The Kier molecular flexibility index (Phi) is 24.8. The predicted molar refractivity (Wildman–Crippen MR) is 129 cm³/mol. The highest BCUT2D eigenvalue weighted by Gasteiger charge is 2.09. The second-order valence-corrected chi connectivity index (χ2v) is 8.67. The Morgan fingerprint density at radius 3 is 1.74 bits per heavy atom. The molecular weight excluding hydrogens is 447 g/mol. The van der Waals surface area contributed by atoms with Crippen LogP contribution in [0.1, 0.15) is 117 Å². The lowest BCUT2D eigenvalue weighted by molar-refractivity contribution is -0.148. The summed E-state index contributed by atoms with van der Waals surface area (Å²) in [6.07, 6.45) is 25.0. The van der Waals surface area contributed by atoms with Crippen LogP contribution in [-0.4, -0.2) is 23.9 Å². The van der Waals surface area contributed by atoms with Gasteiger partial charge in [0.2, 0.25) is 0 Å². The third-order valence-electron chi connectivity index (χ3n) is 4.86. The van der Waals surface area contributed by atoms with Crippen LogP contribution < -0.4 is 0 Å². The third-order valence-corrected chi connectivity index (χ3v) is 5.48. The summed E-state index contributed by atoms with van der Waals surface area (Å²) in [5, 5.41) is 0. The molecule has 0 aromatic heterocycles. The summed E-state index contributed by atoms with van der Waals surface area (Å²) in [6.45, 7) is 6.24. The van der Waals surface area contributed by atoms with E-state index < -0.39 is 0 Å². The van der Waals surface area contributed by atoms with E-state index >= 15 is 0 Å². The van der Waals surface area contributed by atoms with Crippen molar-refractivity contribution in [2.75, 3.05) is 17.6 Å². The maximum Gasteiger partial charge on any atom is 0.157 e. The van der Waals surface area contributed by atoms with Gasteiger partial charge in [-0.2, -0.15) is 0 Å². The Labute approximate surface area is 184 Å². The normalized spacial score (nSPS) is 11.9. The van der Waals surface area contributed by atoms with Crippen LogP contribution in [0.4, 0.5) is 0 Å². The first-order valence-corrected chi connectivity index (χ1v) is 13.3. The lowest BCUT2D eigenvalue weighted by atomic mass is 10.1. The molecule has 2 nitrogen and oxygen atoms in total. The van der Waals surface area contributed by atoms with Crippen LogP contribution in [0.25, 0.3) is 0 Å². The monoisotopic (exact) mass is 494 g/mol. The van der Waals surface area contributed by atoms with Crippen molar-refractivity contribution in [3.05, 3.63) is 12.2 Å². The fourth-order valence-corrected chi connectivity index (χ4v) is 3.46. The molecule has 0 atom stereocenters. The molecule has 0 unspecified atom stereocenters. The minimum absolute atomic E-state index is 0.0319. The molecule has 0 aliphatic rings. The molecule has 162 valence electrons. The fraction of sp³-hybridized carbons (Fsp3) is 0.917. The smallest absolute Gasteiger partial charge is 0.157 e. The van der Waals surface area contributed by atoms with E-state index in [0.717, 1.165) is 19.6 Å². The highest BCUT2D eigenvalue weighted by atomic mass is 127. The van der Waals surface area contributed by atoms with Gasteiger partial charge < -0.3 is 9.47 Å². The molecule has 0 bridgehead atoms. The first-order valence-electron chi connectivity index (χ1n) is 11.8. The molecule has 0 spiro atoms. The van der Waals surface area contributed by atoms with Gasteiger partial charge in [-0.3, -0.25) is 0 Å². The zero-order valence-electron chi connectivity index (χ0n) is 18.4. The van der Waals surface area contributed by atoms with Crippen LogP contribution in [0.15, 0.2) is 12.2 Å². The van der Waals surface area contributed by atoms with Crippen molar-refractivity contribution >= 4 is 22.6 Å². The summed E-state index contributed by atoms with van der Waals surface area (Å²) in [5.74, 6) is 0. The molecule has 0 aliphatic carbocycles. The Bertz CT molecular complexity index is 280. The molecule has 0 aromatic rings. The molecule has 0 fully saturated rings. The highest BCUT2D eigenvalue weighted by Crippen LogP contribution is 2.13. The molecule has 0 aromatic carbocycles. The van der Waals surface area contributed by atoms with Crippen LogP contribution in [0, 0.1) is 0 Å². The van der Waals surface area contributed by atoms with E-state index in [-0.39, 0.29) is 6.29 Å². The molecular formula is C24H47IO2. The van der Waals surface area contributed by atoms with E-state index in [4.69, 9.17) is 9.47 Å². The summed E-state index contributed by atoms with van der Waals surface area (Å²) in [6, 6.07) is 0. The maximum absolute atomic E-state index is 6.05. The van der Waals surface area contributed by atoms with E-state index in [1.165, 1.54) is 101 Å². The molecule has 0 saturated carbocycles. The molecule has 0 radical (unpaired) electrons. The van der Waals surface area contributed by atoms with E-state index in [0.29, 0.717) is 0 Å². The Hall–Kier alpha value is 0.390. The summed E-state index contributed by atoms with van der Waals surface area (Å²) in [7, 11) is 0. The van der Waals surface area contributed by atoms with Gasteiger partial charge in [0.15, 0.2) is 6.29 Å². The highest BCUT2D eigenvalue weighted by molar-refractivity contribution is 14.1. The van der Waals surface area contributed by atoms with Gasteiger partial charge in [-0.15, -0.1) is 0 Å². The minimum atomic E-state index is 0.0319. The number of allylic oxidation sites excluding steroid dienone is 2. The van der Waals surface area contributed by atoms with Crippen molar-refractivity contribution in [3.8, 4) is 0 Å². The largest absolute Gasteiger partial charge is 0.353 e. The van der Waals surface area contributed by atoms with Gasteiger partial charge in [-0.1, -0.05) is 106 Å². The summed E-state index contributed by atoms with van der Waals surface area (Å²) < 4.78 is 13.3. The molecule has 27 heavy (non-hydrogen) atoms. The maximum atomic E-state index is 6.05. The Morgan fingerprint density at radius 2 is 1.15 bits per heavy atom. The van der Waals surface area contributed by atoms with Gasteiger partial charge in [0.25, 0.3) is 0 Å². The van der Waals surface area contributed by atoms with E-state index in [2.05, 4.69) is 48.6 Å². The average molecular weight is 495 g/mol. The first-order chi connectivity index (χ1) is 13.3. The number of unbranched alkanes of at least 4 members (excludes halogenated alkanes) is 11. The van der Waals surface area contributed by atoms with Crippen molar-refractivity contribution in [1.82, 2.24) is 0 Å². The van der Waals surface area contributed by atoms with Gasteiger partial charge in [-0.05, 0) is 44.9 Å². The van der Waals surface area contributed by atoms with Crippen LogP contribution in [0.3, 0.4) is 0 Å². The summed E-state index contributed by atoms with van der Waals surface area (Å²) in [5.41, 5.74) is 0. The lowest BCUT2D eigenvalue weighted by Crippen LogP contribution is -2.19. The summed E-state index contributed by atoms with van der Waals surface area (Å²) >= 11 is 2.43. The topological polar surface area (TPSA) is 18.5 Å². The SMILES string of the molecule is CCCCCCOC(CCCCCCC/C=C\CCI)OCCCCCC. The van der Waals surface area contributed by atoms with Crippen LogP contribution in [0.2, 0.25) is 0 Å². The zero-order chi connectivity index (χ0) is 19.8. The predicted octanol–water partition coefficient (Wildman–Crippen LogP) is 8.62. The lowest BCUT2D eigenvalue weighted by Gasteiger charge is -2.19. The van der Waals surface area contributed by atoms with Crippen molar-refractivity contribution in [2.24, 2.45) is 0 Å². The second-order valence-electron chi connectivity index (χ2n) is 7.59. The minimum Gasteiger partial charge on any atom is -0.353 e. The van der Waals surface area contributed by atoms with Crippen molar-refractivity contribution in [3.63, 3.8) is 0 Å². The second kappa shape index (κ2) is 24.4. The fourth-order valence-electron chi connectivity index (χ4n) is 3.10. The molecule has 0 aliphatic heterocycles. The van der Waals surface area contributed by atoms with E-state index in [1.807, 2.05) is 0 Å². The molecule has 0 rings (SSSR count). The van der Waals surface area contributed by atoms with Gasteiger partial charge in [0.1, 0.15) is 0 Å². The van der Waals surface area contributed by atoms with Crippen molar-refractivity contribution < 1.29 is 9.47 Å². The Morgan fingerprint density at radius 1 is 0.630 bits per heavy atom. The van der Waals surface area contributed by atoms with E-state index in [1.54, 1.807) is 0 Å². The van der Waals surface area contributed by atoms with Gasteiger partial charge in [-0.25, -0.2) is 0 Å². The molecule has 3 heteroatoms. The van der Waals surface area contributed by atoms with Crippen molar-refractivity contribution in [1.29, 1.82) is 0 Å². The zero-order valence-corrected chi connectivity index (χ0v) is 20.5. The molecule has 0 N–H and O–H groups in total. The van der Waals surface area contributed by atoms with E-state index in [9.17, 15) is 0 Å². The number of rotatable bonds is 22. The van der Waals surface area contributed by atoms with Gasteiger partial charge >= 0.3 is 0 Å². The third kappa shape index (κ3) is 22.5. The first kappa shape index (κ1) is 27.4. The molecule has 0 saturated heterocycles. The van der Waals surface area contributed by atoms with Crippen LogP contribution >= 0.6 is 22.6 Å². The summed E-state index contributed by atoms with van der Waals surface area (Å²) in [4.78, 5) is 0. The Balaban J connectivity index is 3.73. The number of hydrogen-bond acceptors (Lipinski definition) is 2. The number of alkyl halides is 1. The molecule has 0 amide bonds. The standard InChI is InChI=1S/C24H47IO2/c1-3-5-7-18-22-26-24(27-23-19-8-6-4-2)20-16-14-12-10-9-11-13-15-17-21-25/h13,15,24H,3-12,14,16-23H2,1-2H3/b15-13-. The van der Waals surface area contributed by atoms with Crippen LogP contribution in [0.5, 0.6) is 0 Å².